The fourth-order valence-electron chi connectivity index (χ4n) is 2.99. The number of carbonyl (C=O) groups is 3. The molecule has 1 heterocycles. The summed E-state index contributed by atoms with van der Waals surface area (Å²) in [6.07, 6.45) is 0.372. The van der Waals surface area contributed by atoms with Crippen molar-refractivity contribution in [1.29, 1.82) is 0 Å². The summed E-state index contributed by atoms with van der Waals surface area (Å²) in [4.78, 5) is 37.4. The second-order valence-electron chi connectivity index (χ2n) is 6.40. The lowest BCUT2D eigenvalue weighted by atomic mass is 9.97. The zero-order valence-corrected chi connectivity index (χ0v) is 15.5. The Morgan fingerprint density at radius 2 is 1.61 bits per heavy atom. The van der Waals surface area contributed by atoms with E-state index in [1.807, 2.05) is 60.7 Å². The molecule has 2 aromatic carbocycles. The molecule has 7 nitrogen and oxygen atoms in total. The fourth-order valence-corrected chi connectivity index (χ4v) is 2.99. The smallest absolute Gasteiger partial charge is 0.355 e. The number of hydrogen-bond donors (Lipinski definition) is 1. The third-order valence-corrected chi connectivity index (χ3v) is 4.48. The molecule has 1 N–H and O–H groups in total. The SMILES string of the molecule is CN(C(=O)COC(=O)C1=NNC(=O)CC1)C(c1ccccc1)c1ccccc1. The van der Waals surface area contributed by atoms with Gasteiger partial charge in [0.2, 0.25) is 5.91 Å². The Morgan fingerprint density at radius 1 is 1.04 bits per heavy atom. The third-order valence-electron chi connectivity index (χ3n) is 4.48. The fraction of sp³-hybridized carbons (Fsp3) is 0.238. The van der Waals surface area contributed by atoms with E-state index in [0.29, 0.717) is 0 Å². The molecule has 144 valence electrons. The van der Waals surface area contributed by atoms with Crippen molar-refractivity contribution >= 4 is 23.5 Å². The first-order chi connectivity index (χ1) is 13.6. The van der Waals surface area contributed by atoms with E-state index < -0.39 is 12.6 Å². The minimum Gasteiger partial charge on any atom is -0.451 e. The predicted octanol–water partition coefficient (Wildman–Crippen LogP) is 2.04. The Balaban J connectivity index is 1.70. The van der Waals surface area contributed by atoms with Gasteiger partial charge in [-0.15, -0.1) is 0 Å². The summed E-state index contributed by atoms with van der Waals surface area (Å²) in [5, 5.41) is 3.68. The molecule has 3 rings (SSSR count). The van der Waals surface area contributed by atoms with Crippen LogP contribution in [0.3, 0.4) is 0 Å². The van der Waals surface area contributed by atoms with Gasteiger partial charge in [-0.25, -0.2) is 10.2 Å². The van der Waals surface area contributed by atoms with E-state index in [9.17, 15) is 14.4 Å². The molecule has 2 aromatic rings. The average Bonchev–Trinajstić information content (AvgIpc) is 2.74. The van der Waals surface area contributed by atoms with Crippen LogP contribution in [-0.4, -0.2) is 42.0 Å². The summed E-state index contributed by atoms with van der Waals surface area (Å²) >= 11 is 0. The third kappa shape index (κ3) is 4.62. The summed E-state index contributed by atoms with van der Waals surface area (Å²) < 4.78 is 5.11. The quantitative estimate of drug-likeness (QED) is 0.778. The van der Waals surface area contributed by atoms with Crippen LogP contribution in [0.2, 0.25) is 0 Å². The van der Waals surface area contributed by atoms with Gasteiger partial charge in [0, 0.05) is 19.9 Å². The minimum atomic E-state index is -0.697. The van der Waals surface area contributed by atoms with Crippen LogP contribution in [-0.2, 0) is 19.1 Å². The van der Waals surface area contributed by atoms with Gasteiger partial charge in [-0.2, -0.15) is 5.10 Å². The van der Waals surface area contributed by atoms with Crippen LogP contribution in [0.1, 0.15) is 30.0 Å². The number of nitrogens with one attached hydrogen (secondary N) is 1. The highest BCUT2D eigenvalue weighted by molar-refractivity contribution is 6.37. The van der Waals surface area contributed by atoms with Crippen molar-refractivity contribution in [2.45, 2.75) is 18.9 Å². The van der Waals surface area contributed by atoms with E-state index in [0.717, 1.165) is 11.1 Å². The molecule has 2 amide bonds. The molecule has 0 saturated heterocycles. The van der Waals surface area contributed by atoms with Crippen molar-refractivity contribution in [3.8, 4) is 0 Å². The first kappa shape index (κ1) is 19.3. The summed E-state index contributed by atoms with van der Waals surface area (Å²) in [6.45, 7) is -0.404. The average molecular weight is 379 g/mol. The largest absolute Gasteiger partial charge is 0.451 e. The van der Waals surface area contributed by atoms with Crippen LogP contribution in [0.25, 0.3) is 0 Å². The predicted molar refractivity (Wildman–Crippen MR) is 103 cm³/mol. The molecule has 0 aliphatic carbocycles. The highest BCUT2D eigenvalue weighted by Crippen LogP contribution is 2.27. The van der Waals surface area contributed by atoms with Crippen molar-refractivity contribution < 1.29 is 19.1 Å². The van der Waals surface area contributed by atoms with E-state index in [4.69, 9.17) is 4.74 Å². The molecule has 0 saturated carbocycles. The highest BCUT2D eigenvalue weighted by atomic mass is 16.5. The minimum absolute atomic E-state index is 0.109. The van der Waals surface area contributed by atoms with Gasteiger partial charge in [0.25, 0.3) is 5.91 Å². The van der Waals surface area contributed by atoms with Crippen LogP contribution >= 0.6 is 0 Å². The molecule has 28 heavy (non-hydrogen) atoms. The number of nitrogens with zero attached hydrogens (tertiary/aromatic N) is 2. The Hall–Kier alpha value is -3.48. The number of rotatable bonds is 6. The number of ether oxygens (including phenoxy) is 1. The van der Waals surface area contributed by atoms with E-state index in [2.05, 4.69) is 10.5 Å². The van der Waals surface area contributed by atoms with E-state index in [-0.39, 0.29) is 36.4 Å². The molecule has 1 aliphatic rings. The van der Waals surface area contributed by atoms with Crippen molar-refractivity contribution in [3.05, 3.63) is 71.8 Å². The van der Waals surface area contributed by atoms with Crippen molar-refractivity contribution in [1.82, 2.24) is 10.3 Å². The number of esters is 1. The maximum atomic E-state index is 12.7. The van der Waals surface area contributed by atoms with Gasteiger partial charge in [-0.3, -0.25) is 9.59 Å². The summed E-state index contributed by atoms with van der Waals surface area (Å²) in [7, 11) is 1.68. The molecule has 0 unspecified atom stereocenters. The van der Waals surface area contributed by atoms with E-state index in [1.165, 1.54) is 0 Å². The molecule has 1 aliphatic heterocycles. The lowest BCUT2D eigenvalue weighted by Crippen LogP contribution is -2.37. The lowest BCUT2D eigenvalue weighted by Gasteiger charge is -2.29. The molecule has 7 heteroatoms. The zero-order valence-electron chi connectivity index (χ0n) is 15.5. The number of carbonyl (C=O) groups excluding carboxylic acids is 3. The molecule has 0 spiro atoms. The van der Waals surface area contributed by atoms with Crippen molar-refractivity contribution in [2.75, 3.05) is 13.7 Å². The monoisotopic (exact) mass is 379 g/mol. The Bertz CT molecular complexity index is 842. The van der Waals surface area contributed by atoms with Gasteiger partial charge in [-0.1, -0.05) is 60.7 Å². The molecule has 0 fully saturated rings. The van der Waals surface area contributed by atoms with Gasteiger partial charge >= 0.3 is 5.97 Å². The Labute approximate surface area is 163 Å². The van der Waals surface area contributed by atoms with Crippen molar-refractivity contribution in [3.63, 3.8) is 0 Å². The molecular formula is C21H21N3O4. The maximum absolute atomic E-state index is 12.7. The molecule has 0 radical (unpaired) electrons. The van der Waals surface area contributed by atoms with Crippen LogP contribution in [0.5, 0.6) is 0 Å². The first-order valence-corrected chi connectivity index (χ1v) is 8.94. The number of likely N-dealkylation sites (N-methyl/N-ethyl adjacent to an activating group) is 1. The molecular weight excluding hydrogens is 358 g/mol. The lowest BCUT2D eigenvalue weighted by molar-refractivity contribution is -0.147. The second kappa shape index (κ2) is 8.94. The first-order valence-electron chi connectivity index (χ1n) is 8.94. The van der Waals surface area contributed by atoms with Crippen LogP contribution in [0.15, 0.2) is 65.8 Å². The topological polar surface area (TPSA) is 88.1 Å². The van der Waals surface area contributed by atoms with Crippen LogP contribution in [0.4, 0.5) is 0 Å². The van der Waals surface area contributed by atoms with Gasteiger partial charge in [0.05, 0.1) is 6.04 Å². The number of hydrogen-bond acceptors (Lipinski definition) is 5. The maximum Gasteiger partial charge on any atom is 0.355 e. The summed E-state index contributed by atoms with van der Waals surface area (Å²) in [5.74, 6) is -1.29. The van der Waals surface area contributed by atoms with E-state index >= 15 is 0 Å². The van der Waals surface area contributed by atoms with Crippen molar-refractivity contribution in [2.24, 2.45) is 5.10 Å². The zero-order chi connectivity index (χ0) is 19.9. The van der Waals surface area contributed by atoms with Gasteiger partial charge < -0.3 is 9.64 Å². The molecule has 0 atom stereocenters. The van der Waals surface area contributed by atoms with Gasteiger partial charge in [-0.05, 0) is 11.1 Å². The number of amides is 2. The molecule has 0 bridgehead atoms. The van der Waals surface area contributed by atoms with Crippen LogP contribution in [0, 0.1) is 0 Å². The number of hydrazone groups is 1. The highest BCUT2D eigenvalue weighted by Gasteiger charge is 2.25. The summed E-state index contributed by atoms with van der Waals surface area (Å²) in [5.41, 5.74) is 4.25. The van der Waals surface area contributed by atoms with Gasteiger partial charge in [0.1, 0.15) is 5.71 Å². The Morgan fingerprint density at radius 3 is 2.11 bits per heavy atom. The normalized spacial score (nSPS) is 13.5. The number of benzene rings is 2. The van der Waals surface area contributed by atoms with E-state index in [1.54, 1.807) is 11.9 Å². The van der Waals surface area contributed by atoms with Gasteiger partial charge in [0.15, 0.2) is 6.61 Å². The second-order valence-corrected chi connectivity index (χ2v) is 6.40. The molecule has 0 aromatic heterocycles. The Kier molecular flexibility index (Phi) is 6.16. The summed E-state index contributed by atoms with van der Waals surface area (Å²) in [6, 6.07) is 19.0. The standard InChI is InChI=1S/C21H21N3O4/c1-24(19(26)14-28-21(27)17-12-13-18(25)23-22-17)20(15-8-4-2-5-9-15)16-10-6-3-7-11-16/h2-11,20H,12-14H2,1H3,(H,23,25). The van der Waals surface area contributed by atoms with Crippen LogP contribution < -0.4 is 5.43 Å².